The van der Waals surface area contributed by atoms with Crippen LogP contribution < -0.4 is 15.0 Å². The van der Waals surface area contributed by atoms with Crippen molar-refractivity contribution in [2.45, 2.75) is 25.9 Å². The zero-order chi connectivity index (χ0) is 16.9. The van der Waals surface area contributed by atoms with Gasteiger partial charge in [0.15, 0.2) is 6.10 Å². The first-order valence-electron chi connectivity index (χ1n) is 8.06. The molecule has 5 nitrogen and oxygen atoms in total. The van der Waals surface area contributed by atoms with Crippen molar-refractivity contribution < 1.29 is 14.3 Å². The van der Waals surface area contributed by atoms with Crippen molar-refractivity contribution in [1.29, 1.82) is 0 Å². The fourth-order valence-corrected chi connectivity index (χ4v) is 2.65. The van der Waals surface area contributed by atoms with Crippen LogP contribution in [0.1, 0.15) is 19.8 Å². The molecule has 0 aromatic heterocycles. The van der Waals surface area contributed by atoms with Gasteiger partial charge in [-0.15, -0.1) is 0 Å². The Bertz CT molecular complexity index is 713. The highest BCUT2D eigenvalue weighted by Crippen LogP contribution is 2.23. The molecule has 0 aliphatic carbocycles. The molecule has 124 valence electrons. The van der Waals surface area contributed by atoms with Gasteiger partial charge in [-0.1, -0.05) is 18.2 Å². The Labute approximate surface area is 141 Å². The molecule has 2 amide bonds. The van der Waals surface area contributed by atoms with Crippen molar-refractivity contribution in [3.8, 4) is 5.75 Å². The van der Waals surface area contributed by atoms with Gasteiger partial charge in [0, 0.05) is 24.3 Å². The van der Waals surface area contributed by atoms with Gasteiger partial charge in [-0.3, -0.25) is 9.59 Å². The summed E-state index contributed by atoms with van der Waals surface area (Å²) in [4.78, 5) is 25.7. The van der Waals surface area contributed by atoms with E-state index in [-0.39, 0.29) is 11.8 Å². The first-order valence-corrected chi connectivity index (χ1v) is 8.06. The summed E-state index contributed by atoms with van der Waals surface area (Å²) in [7, 11) is 0. The number of carbonyl (C=O) groups is 2. The summed E-state index contributed by atoms with van der Waals surface area (Å²) < 4.78 is 5.60. The molecule has 1 aliphatic rings. The minimum absolute atomic E-state index is 0.150. The van der Waals surface area contributed by atoms with Crippen molar-refractivity contribution in [2.24, 2.45) is 0 Å². The first-order chi connectivity index (χ1) is 11.6. The first kappa shape index (κ1) is 16.1. The summed E-state index contributed by atoms with van der Waals surface area (Å²) in [5.74, 6) is 0.587. The fourth-order valence-electron chi connectivity index (χ4n) is 2.65. The topological polar surface area (TPSA) is 58.6 Å². The Morgan fingerprint density at radius 1 is 1.12 bits per heavy atom. The van der Waals surface area contributed by atoms with Gasteiger partial charge in [-0.05, 0) is 49.7 Å². The summed E-state index contributed by atoms with van der Waals surface area (Å²) in [6.07, 6.45) is 0.894. The van der Waals surface area contributed by atoms with E-state index in [1.807, 2.05) is 42.5 Å². The zero-order valence-electron chi connectivity index (χ0n) is 13.6. The van der Waals surface area contributed by atoms with Crippen LogP contribution in [0.4, 0.5) is 11.4 Å². The van der Waals surface area contributed by atoms with Crippen LogP contribution in [0, 0.1) is 0 Å². The van der Waals surface area contributed by atoms with Crippen molar-refractivity contribution in [1.82, 2.24) is 0 Å². The highest BCUT2D eigenvalue weighted by atomic mass is 16.5. The second kappa shape index (κ2) is 7.17. The standard InChI is InChI=1S/C19H20N2O3/c1-14(24-17-6-3-2-4-7-17)19(23)20-15-9-11-16(12-10-15)21-13-5-8-18(21)22/h2-4,6-7,9-12,14H,5,8,13H2,1H3,(H,20,23). The van der Waals surface area contributed by atoms with E-state index in [9.17, 15) is 9.59 Å². The summed E-state index contributed by atoms with van der Waals surface area (Å²) >= 11 is 0. The maximum absolute atomic E-state index is 12.2. The third kappa shape index (κ3) is 3.74. The van der Waals surface area contributed by atoms with Crippen LogP contribution in [-0.2, 0) is 9.59 Å². The molecular formula is C19H20N2O3. The predicted octanol–water partition coefficient (Wildman–Crippen LogP) is 3.22. The molecule has 1 fully saturated rings. The molecule has 0 saturated carbocycles. The quantitative estimate of drug-likeness (QED) is 0.918. The lowest BCUT2D eigenvalue weighted by molar-refractivity contribution is -0.122. The van der Waals surface area contributed by atoms with Crippen LogP contribution in [0.2, 0.25) is 0 Å². The van der Waals surface area contributed by atoms with Gasteiger partial charge in [0.1, 0.15) is 5.75 Å². The number of nitrogens with one attached hydrogen (secondary N) is 1. The van der Waals surface area contributed by atoms with E-state index in [4.69, 9.17) is 4.74 Å². The smallest absolute Gasteiger partial charge is 0.265 e. The molecule has 24 heavy (non-hydrogen) atoms. The molecule has 0 radical (unpaired) electrons. The van der Waals surface area contributed by atoms with Crippen LogP contribution >= 0.6 is 0 Å². The lowest BCUT2D eigenvalue weighted by Crippen LogP contribution is -2.30. The summed E-state index contributed by atoms with van der Waals surface area (Å²) in [6.45, 7) is 2.46. The van der Waals surface area contributed by atoms with Crippen molar-refractivity contribution in [3.63, 3.8) is 0 Å². The Kier molecular flexibility index (Phi) is 4.79. The number of carbonyl (C=O) groups excluding carboxylic acids is 2. The number of hydrogen-bond acceptors (Lipinski definition) is 3. The number of ether oxygens (including phenoxy) is 1. The molecule has 1 unspecified atom stereocenters. The largest absolute Gasteiger partial charge is 0.481 e. The second-order valence-electron chi connectivity index (χ2n) is 5.76. The predicted molar refractivity (Wildman–Crippen MR) is 93.2 cm³/mol. The summed E-state index contributed by atoms with van der Waals surface area (Å²) in [6, 6.07) is 16.5. The van der Waals surface area contributed by atoms with E-state index in [0.29, 0.717) is 17.9 Å². The average Bonchev–Trinajstić information content (AvgIpc) is 3.02. The third-order valence-corrected chi connectivity index (χ3v) is 3.95. The summed E-state index contributed by atoms with van der Waals surface area (Å²) in [5.41, 5.74) is 1.54. The lowest BCUT2D eigenvalue weighted by atomic mass is 10.2. The van der Waals surface area contributed by atoms with E-state index < -0.39 is 6.10 Å². The Balaban J connectivity index is 1.59. The number of nitrogens with zero attached hydrogens (tertiary/aromatic N) is 1. The van der Waals surface area contributed by atoms with Gasteiger partial charge < -0.3 is 15.0 Å². The average molecular weight is 324 g/mol. The van der Waals surface area contributed by atoms with Crippen LogP contribution in [0.5, 0.6) is 5.75 Å². The van der Waals surface area contributed by atoms with E-state index >= 15 is 0 Å². The monoisotopic (exact) mass is 324 g/mol. The van der Waals surface area contributed by atoms with E-state index in [1.54, 1.807) is 24.0 Å². The van der Waals surface area contributed by atoms with Gasteiger partial charge in [0.2, 0.25) is 5.91 Å². The minimum atomic E-state index is -0.604. The molecular weight excluding hydrogens is 304 g/mol. The second-order valence-corrected chi connectivity index (χ2v) is 5.76. The number of hydrogen-bond donors (Lipinski definition) is 1. The molecule has 1 aliphatic heterocycles. The lowest BCUT2D eigenvalue weighted by Gasteiger charge is -2.17. The number of amides is 2. The molecule has 1 N–H and O–H groups in total. The van der Waals surface area contributed by atoms with Crippen molar-refractivity contribution in [3.05, 3.63) is 54.6 Å². The SMILES string of the molecule is CC(Oc1ccccc1)C(=O)Nc1ccc(N2CCCC2=O)cc1. The molecule has 1 atom stereocenters. The van der Waals surface area contributed by atoms with Gasteiger partial charge in [-0.2, -0.15) is 0 Å². The molecule has 3 rings (SSSR count). The fraction of sp³-hybridized carbons (Fsp3) is 0.263. The molecule has 2 aromatic rings. The Hall–Kier alpha value is -2.82. The van der Waals surface area contributed by atoms with Crippen LogP contribution in [0.3, 0.4) is 0 Å². The number of anilines is 2. The van der Waals surface area contributed by atoms with Crippen LogP contribution in [0.25, 0.3) is 0 Å². The normalized spacial score (nSPS) is 15.2. The van der Waals surface area contributed by atoms with Gasteiger partial charge >= 0.3 is 0 Å². The van der Waals surface area contributed by atoms with Crippen molar-refractivity contribution >= 4 is 23.2 Å². The number of para-hydroxylation sites is 1. The Morgan fingerprint density at radius 2 is 1.83 bits per heavy atom. The molecule has 0 bridgehead atoms. The highest BCUT2D eigenvalue weighted by Gasteiger charge is 2.21. The third-order valence-electron chi connectivity index (χ3n) is 3.95. The molecule has 1 heterocycles. The van der Waals surface area contributed by atoms with Crippen LogP contribution in [0.15, 0.2) is 54.6 Å². The van der Waals surface area contributed by atoms with E-state index in [0.717, 1.165) is 18.7 Å². The maximum atomic E-state index is 12.2. The van der Waals surface area contributed by atoms with E-state index in [1.165, 1.54) is 0 Å². The number of benzene rings is 2. The Morgan fingerprint density at radius 3 is 2.46 bits per heavy atom. The van der Waals surface area contributed by atoms with Crippen LogP contribution in [-0.4, -0.2) is 24.5 Å². The molecule has 5 heteroatoms. The maximum Gasteiger partial charge on any atom is 0.265 e. The van der Waals surface area contributed by atoms with Gasteiger partial charge in [-0.25, -0.2) is 0 Å². The number of rotatable bonds is 5. The van der Waals surface area contributed by atoms with E-state index in [2.05, 4.69) is 5.32 Å². The highest BCUT2D eigenvalue weighted by molar-refractivity contribution is 5.96. The zero-order valence-corrected chi connectivity index (χ0v) is 13.6. The minimum Gasteiger partial charge on any atom is -0.481 e. The molecule has 0 spiro atoms. The molecule has 2 aromatic carbocycles. The van der Waals surface area contributed by atoms with Gasteiger partial charge in [0.05, 0.1) is 0 Å². The summed E-state index contributed by atoms with van der Waals surface area (Å²) in [5, 5.41) is 2.82. The van der Waals surface area contributed by atoms with Gasteiger partial charge in [0.25, 0.3) is 5.91 Å². The van der Waals surface area contributed by atoms with Crippen molar-refractivity contribution in [2.75, 3.05) is 16.8 Å². The molecule has 1 saturated heterocycles.